The molecule has 0 aliphatic carbocycles. The van der Waals surface area contributed by atoms with Crippen LogP contribution < -0.4 is 5.32 Å². The number of alkyl carbamates (subject to hydrolysis) is 1. The van der Waals surface area contributed by atoms with Gasteiger partial charge in [0.05, 0.1) is 6.33 Å². The first-order chi connectivity index (χ1) is 19.6. The fourth-order valence-corrected chi connectivity index (χ4v) is 5.05. The molecule has 0 saturated heterocycles. The third-order valence-electron chi connectivity index (χ3n) is 6.87. The number of carboxylic acids is 1. The quantitative estimate of drug-likeness (QED) is 0.227. The van der Waals surface area contributed by atoms with E-state index in [-0.39, 0.29) is 13.0 Å². The second-order valence-electron chi connectivity index (χ2n) is 9.36. The first-order valence-corrected chi connectivity index (χ1v) is 13.0. The molecule has 7 nitrogen and oxygen atoms in total. The van der Waals surface area contributed by atoms with Crippen LogP contribution in [0.1, 0.15) is 27.9 Å². The first-order valence-electron chi connectivity index (χ1n) is 13.0. The molecule has 0 radical (unpaired) electrons. The summed E-state index contributed by atoms with van der Waals surface area (Å²) in [7, 11) is 0. The number of carboxylic acid groups (broad SMARTS) is 1. The Morgan fingerprint density at radius 1 is 0.775 bits per heavy atom. The van der Waals surface area contributed by atoms with Gasteiger partial charge in [0.2, 0.25) is 0 Å². The average molecular weight is 532 g/mol. The van der Waals surface area contributed by atoms with Gasteiger partial charge in [-0.05, 0) is 22.3 Å². The second kappa shape index (κ2) is 12.1. The summed E-state index contributed by atoms with van der Waals surface area (Å²) in [5, 5.41) is 12.6. The first kappa shape index (κ1) is 26.4. The van der Waals surface area contributed by atoms with Crippen molar-refractivity contribution in [2.45, 2.75) is 24.6 Å². The third kappa shape index (κ3) is 5.49. The van der Waals surface area contributed by atoms with Crippen LogP contribution in [0.4, 0.5) is 4.79 Å². The number of nitrogens with zero attached hydrogens (tertiary/aromatic N) is 2. The van der Waals surface area contributed by atoms with Gasteiger partial charge in [0, 0.05) is 18.3 Å². The van der Waals surface area contributed by atoms with Gasteiger partial charge in [-0.3, -0.25) is 0 Å². The monoisotopic (exact) mass is 531 g/mol. The van der Waals surface area contributed by atoms with E-state index in [4.69, 9.17) is 4.74 Å². The van der Waals surface area contributed by atoms with E-state index < -0.39 is 23.6 Å². The molecule has 5 aromatic rings. The summed E-state index contributed by atoms with van der Waals surface area (Å²) in [5.41, 5.74) is 3.52. The fourth-order valence-electron chi connectivity index (χ4n) is 5.05. The van der Waals surface area contributed by atoms with Crippen molar-refractivity contribution in [1.82, 2.24) is 14.9 Å². The van der Waals surface area contributed by atoms with Crippen LogP contribution in [0.5, 0.6) is 0 Å². The third-order valence-corrected chi connectivity index (χ3v) is 6.87. The lowest BCUT2D eigenvalue weighted by Crippen LogP contribution is -2.44. The zero-order valence-corrected chi connectivity index (χ0v) is 21.8. The van der Waals surface area contributed by atoms with Crippen molar-refractivity contribution < 1.29 is 19.4 Å². The van der Waals surface area contributed by atoms with Gasteiger partial charge in [0.25, 0.3) is 0 Å². The molecule has 5 rings (SSSR count). The molecule has 0 spiro atoms. The molecule has 7 heteroatoms. The van der Waals surface area contributed by atoms with E-state index >= 15 is 0 Å². The highest BCUT2D eigenvalue weighted by Crippen LogP contribution is 2.41. The Bertz CT molecular complexity index is 1440. The standard InChI is InChI=1S/C33H29N3O4/c37-31(38)30(35-32(39)40-23-25-13-5-1-6-14-25)21-29-22-34-24-36(29)33(26-15-7-2-8-16-26,27-17-9-3-10-18-27)28-19-11-4-12-20-28/h1-20,22,24,30H,21,23H2,(H,35,39)(H,37,38)/t30-/m0/s1. The van der Waals surface area contributed by atoms with E-state index in [0.29, 0.717) is 5.69 Å². The second-order valence-corrected chi connectivity index (χ2v) is 9.36. The zero-order valence-electron chi connectivity index (χ0n) is 21.8. The topological polar surface area (TPSA) is 93.5 Å². The summed E-state index contributed by atoms with van der Waals surface area (Å²) in [6.07, 6.45) is 2.55. The average Bonchev–Trinajstić information content (AvgIpc) is 3.47. The number of aliphatic carboxylic acids is 1. The summed E-state index contributed by atoms with van der Waals surface area (Å²) < 4.78 is 7.30. The Hall–Kier alpha value is -5.17. The van der Waals surface area contributed by atoms with E-state index in [9.17, 15) is 14.7 Å². The van der Waals surface area contributed by atoms with Crippen LogP contribution in [0, 0.1) is 0 Å². The number of imidazole rings is 1. The lowest BCUT2D eigenvalue weighted by Gasteiger charge is -2.39. The molecule has 200 valence electrons. The number of rotatable bonds is 10. The Balaban J connectivity index is 1.53. The molecular weight excluding hydrogens is 502 g/mol. The Kier molecular flexibility index (Phi) is 8.02. The van der Waals surface area contributed by atoms with Gasteiger partial charge in [-0.15, -0.1) is 0 Å². The van der Waals surface area contributed by atoms with Gasteiger partial charge < -0.3 is 19.7 Å². The van der Waals surface area contributed by atoms with Crippen LogP contribution in [0.25, 0.3) is 0 Å². The van der Waals surface area contributed by atoms with Crippen molar-refractivity contribution in [3.63, 3.8) is 0 Å². The number of amides is 1. The summed E-state index contributed by atoms with van der Waals surface area (Å²) in [6.45, 7) is 0.0378. The summed E-state index contributed by atoms with van der Waals surface area (Å²) in [5.74, 6) is -1.17. The lowest BCUT2D eigenvalue weighted by molar-refractivity contribution is -0.139. The van der Waals surface area contributed by atoms with Crippen molar-refractivity contribution in [3.8, 4) is 0 Å². The van der Waals surface area contributed by atoms with Gasteiger partial charge in [0.1, 0.15) is 18.2 Å². The molecule has 1 atom stereocenters. The molecule has 0 aliphatic heterocycles. The summed E-state index contributed by atoms with van der Waals surface area (Å²) in [4.78, 5) is 29.4. The van der Waals surface area contributed by atoms with Crippen molar-refractivity contribution in [3.05, 3.63) is 162 Å². The highest BCUT2D eigenvalue weighted by molar-refractivity contribution is 5.80. The number of aromatic nitrogens is 2. The normalized spacial score (nSPS) is 11.9. The predicted octanol–water partition coefficient (Wildman–Crippen LogP) is 5.65. The van der Waals surface area contributed by atoms with E-state index in [0.717, 1.165) is 22.3 Å². The van der Waals surface area contributed by atoms with Crippen LogP contribution >= 0.6 is 0 Å². The van der Waals surface area contributed by atoms with E-state index in [1.165, 1.54) is 0 Å². The number of benzene rings is 4. The van der Waals surface area contributed by atoms with Gasteiger partial charge in [0.15, 0.2) is 0 Å². The molecule has 0 fully saturated rings. The van der Waals surface area contributed by atoms with Gasteiger partial charge >= 0.3 is 12.1 Å². The van der Waals surface area contributed by atoms with Crippen LogP contribution in [0.15, 0.2) is 134 Å². The van der Waals surface area contributed by atoms with Gasteiger partial charge in [-0.25, -0.2) is 14.6 Å². The smallest absolute Gasteiger partial charge is 0.408 e. The summed E-state index contributed by atoms with van der Waals surface area (Å²) in [6, 6.07) is 38.1. The number of carbonyl (C=O) groups excluding carboxylic acids is 1. The van der Waals surface area contributed by atoms with Crippen LogP contribution in [0.2, 0.25) is 0 Å². The van der Waals surface area contributed by atoms with Crippen molar-refractivity contribution >= 4 is 12.1 Å². The molecule has 40 heavy (non-hydrogen) atoms. The van der Waals surface area contributed by atoms with Crippen LogP contribution in [0.3, 0.4) is 0 Å². The minimum Gasteiger partial charge on any atom is -0.480 e. The van der Waals surface area contributed by atoms with Crippen molar-refractivity contribution in [2.24, 2.45) is 0 Å². The SMILES string of the molecule is O=C(N[C@@H](Cc1cncn1C(c1ccccc1)(c1ccccc1)c1ccccc1)C(=O)O)OCc1ccccc1. The van der Waals surface area contributed by atoms with Crippen LogP contribution in [-0.4, -0.2) is 32.8 Å². The van der Waals surface area contributed by atoms with Crippen molar-refractivity contribution in [2.75, 3.05) is 0 Å². The molecule has 0 aliphatic rings. The molecular formula is C33H29N3O4. The number of hydrogen-bond acceptors (Lipinski definition) is 4. The highest BCUT2D eigenvalue weighted by Gasteiger charge is 2.40. The van der Waals surface area contributed by atoms with E-state index in [1.807, 2.05) is 89.5 Å². The molecule has 1 aromatic heterocycles. The maximum absolute atomic E-state index is 12.6. The maximum Gasteiger partial charge on any atom is 0.408 e. The number of hydrogen-bond donors (Lipinski definition) is 2. The number of nitrogens with one attached hydrogen (secondary N) is 1. The van der Waals surface area contributed by atoms with E-state index in [1.54, 1.807) is 12.5 Å². The van der Waals surface area contributed by atoms with Gasteiger partial charge in [-0.1, -0.05) is 121 Å². The molecule has 1 amide bonds. The largest absolute Gasteiger partial charge is 0.480 e. The lowest BCUT2D eigenvalue weighted by atomic mass is 9.76. The number of carbonyl (C=O) groups is 2. The Morgan fingerprint density at radius 2 is 1.25 bits per heavy atom. The minimum atomic E-state index is -1.24. The van der Waals surface area contributed by atoms with Gasteiger partial charge in [-0.2, -0.15) is 0 Å². The molecule has 2 N–H and O–H groups in total. The molecule has 4 aromatic carbocycles. The summed E-state index contributed by atoms with van der Waals surface area (Å²) >= 11 is 0. The highest BCUT2D eigenvalue weighted by atomic mass is 16.5. The van der Waals surface area contributed by atoms with E-state index in [2.05, 4.69) is 46.7 Å². The molecule has 0 bridgehead atoms. The molecule has 1 heterocycles. The molecule has 0 unspecified atom stereocenters. The number of ether oxygens (including phenoxy) is 1. The Labute approximate surface area is 232 Å². The minimum absolute atomic E-state index is 0.00990. The Morgan fingerprint density at radius 3 is 1.73 bits per heavy atom. The van der Waals surface area contributed by atoms with Crippen LogP contribution in [-0.2, 0) is 28.1 Å². The van der Waals surface area contributed by atoms with Crippen molar-refractivity contribution in [1.29, 1.82) is 0 Å². The predicted molar refractivity (Wildman–Crippen MR) is 152 cm³/mol. The molecule has 0 saturated carbocycles. The zero-order chi connectivity index (χ0) is 27.8. The fraction of sp³-hybridized carbons (Fsp3) is 0.121. The maximum atomic E-state index is 12.6.